The van der Waals surface area contributed by atoms with E-state index in [0.29, 0.717) is 5.84 Å². The summed E-state index contributed by atoms with van der Waals surface area (Å²) < 4.78 is 7.38. The van der Waals surface area contributed by atoms with Gasteiger partial charge in [-0.1, -0.05) is 176 Å². The molecule has 75 heavy (non-hydrogen) atoms. The molecule has 6 heteroatoms. The summed E-state index contributed by atoms with van der Waals surface area (Å²) in [5, 5.41) is 9.92. The maximum atomic E-state index is 5.30. The van der Waals surface area contributed by atoms with Gasteiger partial charge in [0.2, 0.25) is 0 Å². The van der Waals surface area contributed by atoms with Crippen LogP contribution in [-0.2, 0) is 12.8 Å². The van der Waals surface area contributed by atoms with Crippen LogP contribution in [0.3, 0.4) is 0 Å². The summed E-state index contributed by atoms with van der Waals surface area (Å²) in [6, 6.07) is 88.0. The summed E-state index contributed by atoms with van der Waals surface area (Å²) in [4.78, 5) is 10.5. The Morgan fingerprint density at radius 2 is 0.933 bits per heavy atom. The zero-order valence-corrected chi connectivity index (χ0v) is 41.2. The minimum Gasteiger partial charge on any atom is -0.344 e. The Balaban J connectivity index is 0.858. The third kappa shape index (κ3) is 7.16. The van der Waals surface area contributed by atoms with Crippen molar-refractivity contribution in [3.05, 3.63) is 271 Å². The van der Waals surface area contributed by atoms with E-state index in [1.807, 2.05) is 12.1 Å². The lowest BCUT2D eigenvalue weighted by atomic mass is 9.94. The number of para-hydroxylation sites is 4. The number of amidine groups is 2. The molecule has 356 valence electrons. The Morgan fingerprint density at radius 1 is 0.373 bits per heavy atom. The molecule has 15 rings (SSSR count). The number of aromatic nitrogens is 3. The molecule has 0 radical (unpaired) electrons. The predicted molar refractivity (Wildman–Crippen MR) is 311 cm³/mol. The molecule has 2 aliphatic rings. The fourth-order valence-electron chi connectivity index (χ4n) is 12.2. The molecule has 0 fully saturated rings. The third-order valence-corrected chi connectivity index (χ3v) is 15.7. The van der Waals surface area contributed by atoms with Gasteiger partial charge in [-0.15, -0.1) is 0 Å². The fourth-order valence-corrected chi connectivity index (χ4v) is 12.2. The van der Waals surface area contributed by atoms with Gasteiger partial charge in [0.1, 0.15) is 12.0 Å². The van der Waals surface area contributed by atoms with Crippen molar-refractivity contribution in [1.29, 1.82) is 0 Å². The maximum absolute atomic E-state index is 5.30. The van der Waals surface area contributed by atoms with E-state index in [-0.39, 0.29) is 6.17 Å². The van der Waals surface area contributed by atoms with Gasteiger partial charge in [0.05, 0.1) is 33.3 Å². The molecule has 10 aromatic carbocycles. The van der Waals surface area contributed by atoms with Crippen molar-refractivity contribution in [1.82, 2.24) is 19.0 Å². The highest BCUT2D eigenvalue weighted by molar-refractivity contribution is 6.15. The van der Waals surface area contributed by atoms with Crippen LogP contribution in [0.4, 0.5) is 0 Å². The average Bonchev–Trinajstić information content (AvgIpc) is 4.18. The first-order valence-corrected chi connectivity index (χ1v) is 26.2. The highest BCUT2D eigenvalue weighted by Gasteiger charge is 2.25. The quantitative estimate of drug-likeness (QED) is 0.162. The molecule has 13 aromatic rings. The lowest BCUT2D eigenvalue weighted by Gasteiger charge is -2.24. The van der Waals surface area contributed by atoms with E-state index in [9.17, 15) is 0 Å². The molecule has 0 bridgehead atoms. The summed E-state index contributed by atoms with van der Waals surface area (Å²) in [6.07, 6.45) is 4.44. The number of rotatable bonds is 8. The smallest absolute Gasteiger partial charge is 0.159 e. The van der Waals surface area contributed by atoms with Gasteiger partial charge >= 0.3 is 0 Å². The average molecular weight is 963 g/mol. The van der Waals surface area contributed by atoms with Crippen molar-refractivity contribution in [2.75, 3.05) is 0 Å². The van der Waals surface area contributed by atoms with Crippen LogP contribution >= 0.6 is 0 Å². The lowest BCUT2D eigenvalue weighted by molar-refractivity contribution is 0.667. The monoisotopic (exact) mass is 962 g/mol. The first-order valence-electron chi connectivity index (χ1n) is 26.2. The Morgan fingerprint density at radius 3 is 1.67 bits per heavy atom. The van der Waals surface area contributed by atoms with Crippen molar-refractivity contribution in [3.63, 3.8) is 0 Å². The van der Waals surface area contributed by atoms with Crippen LogP contribution in [0.2, 0.25) is 0 Å². The number of hydrogen-bond acceptors (Lipinski definition) is 3. The zero-order chi connectivity index (χ0) is 49.4. The number of aliphatic imine (C=N–C) groups is 2. The van der Waals surface area contributed by atoms with E-state index in [4.69, 9.17) is 9.98 Å². The van der Waals surface area contributed by atoms with E-state index < -0.39 is 0 Å². The molecule has 1 aliphatic heterocycles. The first-order chi connectivity index (χ1) is 37.2. The van der Waals surface area contributed by atoms with Crippen LogP contribution in [0.15, 0.2) is 253 Å². The molecule has 0 saturated carbocycles. The Labute approximate surface area is 434 Å². The summed E-state index contributed by atoms with van der Waals surface area (Å²) >= 11 is 0. The van der Waals surface area contributed by atoms with Crippen LogP contribution < -0.4 is 5.32 Å². The Hall–Kier alpha value is -9.52. The maximum Gasteiger partial charge on any atom is 0.159 e. The Kier molecular flexibility index (Phi) is 10.1. The van der Waals surface area contributed by atoms with Gasteiger partial charge in [-0.05, 0) is 120 Å². The number of benzene rings is 10. The van der Waals surface area contributed by atoms with Crippen molar-refractivity contribution in [2.24, 2.45) is 9.98 Å². The molecular formula is C69H50N6. The molecule has 0 saturated heterocycles. The van der Waals surface area contributed by atoms with Gasteiger partial charge in [-0.3, -0.25) is 0 Å². The summed E-state index contributed by atoms with van der Waals surface area (Å²) in [6.45, 7) is 0. The molecule has 0 amide bonds. The van der Waals surface area contributed by atoms with Crippen LogP contribution in [-0.4, -0.2) is 25.4 Å². The van der Waals surface area contributed by atoms with Crippen LogP contribution in [0, 0.1) is 0 Å². The fraction of sp³-hybridized carbons (Fsp3) is 0.0725. The highest BCUT2D eigenvalue weighted by atomic mass is 15.2. The van der Waals surface area contributed by atoms with E-state index in [2.05, 4.69) is 250 Å². The molecule has 3 aromatic heterocycles. The number of hydrogen-bond donors (Lipinski definition) is 1. The molecule has 6 nitrogen and oxygen atoms in total. The molecule has 1 N–H and O–H groups in total. The normalized spacial score (nSPS) is 14.6. The molecule has 1 aliphatic carbocycles. The van der Waals surface area contributed by atoms with E-state index in [1.165, 1.54) is 84.4 Å². The second-order valence-corrected chi connectivity index (χ2v) is 20.0. The minimum atomic E-state index is -0.308. The van der Waals surface area contributed by atoms with Crippen molar-refractivity contribution in [2.45, 2.75) is 31.8 Å². The lowest BCUT2D eigenvalue weighted by Crippen LogP contribution is -2.33. The standard InChI is InChI=1S/C69H50N6/c1-4-18-46(19-5-1)67-70-68(47-20-6-2-7-21-47)72-69(71-67)50-35-39-53(65(44-50)75-62-30-16-11-24-54(62)55-25-12-17-31-63(55)75)45-32-37-52(38-33-45)73-61-29-15-13-27-57(61)59-42-48(36-41-64(59)73)49-34-40-58-56-26-10-14-28-60(56)74(66(58)43-49)51-22-8-3-9-23-51/h1-9,11-13,15-25,27,29-44,67H,10,14,26,28H2,(H,70,71,72). The van der Waals surface area contributed by atoms with Crippen LogP contribution in [0.5, 0.6) is 0 Å². The van der Waals surface area contributed by atoms with Gasteiger partial charge < -0.3 is 19.0 Å². The molecular weight excluding hydrogens is 913 g/mol. The molecule has 1 unspecified atom stereocenters. The second kappa shape index (κ2) is 17.6. The van der Waals surface area contributed by atoms with E-state index >= 15 is 0 Å². The first kappa shape index (κ1) is 43.1. The zero-order valence-electron chi connectivity index (χ0n) is 41.2. The van der Waals surface area contributed by atoms with E-state index in [1.54, 1.807) is 0 Å². The van der Waals surface area contributed by atoms with Gasteiger partial charge in [0, 0.05) is 60.7 Å². The van der Waals surface area contributed by atoms with Crippen LogP contribution in [0.1, 0.15) is 47.0 Å². The molecule has 4 heterocycles. The number of fused-ring (bicyclic) bond motifs is 9. The molecule has 1 atom stereocenters. The van der Waals surface area contributed by atoms with Gasteiger partial charge in [0.25, 0.3) is 0 Å². The van der Waals surface area contributed by atoms with Crippen molar-refractivity contribution < 1.29 is 0 Å². The van der Waals surface area contributed by atoms with Gasteiger partial charge in [-0.2, -0.15) is 0 Å². The summed E-state index contributed by atoms with van der Waals surface area (Å²) in [5.74, 6) is 1.48. The van der Waals surface area contributed by atoms with Gasteiger partial charge in [0.15, 0.2) is 5.84 Å². The second-order valence-electron chi connectivity index (χ2n) is 20.0. The van der Waals surface area contributed by atoms with Crippen molar-refractivity contribution >= 4 is 66.2 Å². The van der Waals surface area contributed by atoms with Crippen LogP contribution in [0.25, 0.3) is 93.8 Å². The van der Waals surface area contributed by atoms with Crippen molar-refractivity contribution in [3.8, 4) is 39.3 Å². The summed E-state index contributed by atoms with van der Waals surface area (Å²) in [7, 11) is 0. The minimum absolute atomic E-state index is 0.308. The van der Waals surface area contributed by atoms with Gasteiger partial charge in [-0.25, -0.2) is 9.98 Å². The predicted octanol–water partition coefficient (Wildman–Crippen LogP) is 16.5. The topological polar surface area (TPSA) is 51.5 Å². The largest absolute Gasteiger partial charge is 0.344 e. The summed E-state index contributed by atoms with van der Waals surface area (Å²) in [5.41, 5.74) is 20.1. The SMILES string of the molecule is c1ccc(C2=NC(c3ccc(-c4ccc(-n5c6ccccc6c6cc(-c7ccc8c9c(n(-c%10ccccc%10)c8c7)CCCC9)ccc65)cc4)c(-n4c5ccccc5c5ccccc54)c3)=NC(c3ccccc3)N2)cc1. The highest BCUT2D eigenvalue weighted by Crippen LogP contribution is 2.41. The number of nitrogens with zero attached hydrogens (tertiary/aromatic N) is 5. The Bertz CT molecular complexity index is 4370. The third-order valence-electron chi connectivity index (χ3n) is 15.7. The molecule has 0 spiro atoms. The number of aryl methyl sites for hydroxylation is 1. The van der Waals surface area contributed by atoms with E-state index in [0.717, 1.165) is 68.9 Å². The number of nitrogens with one attached hydrogen (secondary N) is 1.